The fourth-order valence-electron chi connectivity index (χ4n) is 6.13. The molecule has 7 rings (SSSR count). The van der Waals surface area contributed by atoms with Crippen LogP contribution in [0.2, 0.25) is 0 Å². The zero-order chi connectivity index (χ0) is 24.9. The van der Waals surface area contributed by atoms with E-state index >= 15 is 4.39 Å². The maximum atomic E-state index is 15.7. The van der Waals surface area contributed by atoms with Crippen molar-refractivity contribution in [2.75, 3.05) is 20.3 Å². The Balaban J connectivity index is 1.35. The molecule has 0 aromatic carbocycles. The standard InChI is InChI=1S/C27H32FN4O4/c1-34-24-3-2-20-25(31-24)18(13-23(33)26-4-7-27(29,8-5-26)9-6-26)19(28)16-32(20)15-17-12-21-22(14-30-17)36-11-10-35-21/h2-3,12,14,16,23,33H,4-11,13,15,29H2,1H3/q+1/t23-,26?,27?/m1/s1. The molecule has 9 heteroatoms. The predicted octanol–water partition coefficient (Wildman–Crippen LogP) is 2.84. The number of methoxy groups -OCH3 is 1. The number of hydrogen-bond acceptors (Lipinski definition) is 7. The summed E-state index contributed by atoms with van der Waals surface area (Å²) >= 11 is 0. The van der Waals surface area contributed by atoms with E-state index in [2.05, 4.69) is 9.97 Å². The van der Waals surface area contributed by atoms with Crippen LogP contribution in [-0.2, 0) is 13.0 Å². The Morgan fingerprint density at radius 3 is 2.58 bits per heavy atom. The van der Waals surface area contributed by atoms with Crippen molar-refractivity contribution in [3.05, 3.63) is 47.7 Å². The van der Waals surface area contributed by atoms with Gasteiger partial charge in [-0.2, -0.15) is 8.96 Å². The maximum Gasteiger partial charge on any atom is 0.232 e. The highest BCUT2D eigenvalue weighted by Gasteiger charge is 2.50. The van der Waals surface area contributed by atoms with Gasteiger partial charge in [0.2, 0.25) is 17.6 Å². The number of aliphatic hydroxyl groups is 1. The van der Waals surface area contributed by atoms with Gasteiger partial charge in [0.25, 0.3) is 0 Å². The molecular formula is C27H32FN4O4+. The van der Waals surface area contributed by atoms with Gasteiger partial charge in [-0.15, -0.1) is 0 Å². The van der Waals surface area contributed by atoms with Crippen LogP contribution in [0.1, 0.15) is 49.8 Å². The monoisotopic (exact) mass is 495 g/mol. The van der Waals surface area contributed by atoms with Crippen molar-refractivity contribution >= 4 is 11.0 Å². The van der Waals surface area contributed by atoms with E-state index in [4.69, 9.17) is 19.9 Å². The first kappa shape index (κ1) is 23.4. The molecule has 36 heavy (non-hydrogen) atoms. The van der Waals surface area contributed by atoms with Crippen molar-refractivity contribution in [1.82, 2.24) is 9.97 Å². The summed E-state index contributed by atoms with van der Waals surface area (Å²) < 4.78 is 34.1. The fraction of sp³-hybridized carbons (Fsp3) is 0.519. The normalized spacial score (nSPS) is 25.7. The summed E-state index contributed by atoms with van der Waals surface area (Å²) in [5.74, 6) is 1.24. The van der Waals surface area contributed by atoms with Crippen molar-refractivity contribution in [3.8, 4) is 17.4 Å². The van der Waals surface area contributed by atoms with Crippen molar-refractivity contribution in [3.63, 3.8) is 0 Å². The van der Waals surface area contributed by atoms with Crippen LogP contribution < -0.4 is 24.5 Å². The molecule has 3 N–H and O–H groups in total. The van der Waals surface area contributed by atoms with E-state index in [0.29, 0.717) is 53.9 Å². The van der Waals surface area contributed by atoms with Crippen LogP contribution in [-0.4, -0.2) is 47.0 Å². The molecule has 1 aliphatic heterocycles. The summed E-state index contributed by atoms with van der Waals surface area (Å²) in [5, 5.41) is 11.4. The molecule has 8 nitrogen and oxygen atoms in total. The molecule has 3 saturated carbocycles. The molecule has 0 spiro atoms. The predicted molar refractivity (Wildman–Crippen MR) is 130 cm³/mol. The van der Waals surface area contributed by atoms with Crippen LogP contribution in [0.25, 0.3) is 11.0 Å². The lowest BCUT2D eigenvalue weighted by atomic mass is 9.55. The minimum atomic E-state index is -0.664. The number of nitrogens with zero attached hydrogens (tertiary/aromatic N) is 3. The Kier molecular flexibility index (Phi) is 5.72. The third-order valence-electron chi connectivity index (χ3n) is 8.50. The summed E-state index contributed by atoms with van der Waals surface area (Å²) in [5.41, 5.74) is 8.52. The molecule has 4 aliphatic rings. The van der Waals surface area contributed by atoms with Gasteiger partial charge in [-0.25, -0.2) is 4.98 Å². The number of aromatic nitrogens is 3. The number of fused-ring (bicyclic) bond motifs is 5. The quantitative estimate of drug-likeness (QED) is 0.507. The number of rotatable bonds is 6. The fourth-order valence-corrected chi connectivity index (χ4v) is 6.13. The van der Waals surface area contributed by atoms with E-state index in [-0.39, 0.29) is 17.4 Å². The topological polar surface area (TPSA) is 104 Å². The van der Waals surface area contributed by atoms with Crippen molar-refractivity contribution in [2.24, 2.45) is 11.1 Å². The largest absolute Gasteiger partial charge is 0.486 e. The van der Waals surface area contributed by atoms with Crippen LogP contribution in [0.5, 0.6) is 17.4 Å². The van der Waals surface area contributed by atoms with E-state index in [1.807, 2.05) is 12.1 Å². The lowest BCUT2D eigenvalue weighted by Crippen LogP contribution is -2.55. The molecule has 0 saturated heterocycles. The van der Waals surface area contributed by atoms with Gasteiger partial charge in [0.1, 0.15) is 24.4 Å². The number of halogens is 1. The van der Waals surface area contributed by atoms with Crippen LogP contribution in [0, 0.1) is 11.2 Å². The number of aliphatic hydroxyl groups excluding tert-OH is 1. The van der Waals surface area contributed by atoms with Gasteiger partial charge in [0.05, 0.1) is 19.4 Å². The van der Waals surface area contributed by atoms with E-state index in [9.17, 15) is 5.11 Å². The van der Waals surface area contributed by atoms with Crippen LogP contribution in [0.15, 0.2) is 30.6 Å². The van der Waals surface area contributed by atoms with Crippen molar-refractivity contribution < 1.29 is 28.3 Å². The smallest absolute Gasteiger partial charge is 0.232 e. The number of nitrogens with two attached hydrogens (primary N) is 1. The lowest BCUT2D eigenvalue weighted by molar-refractivity contribution is -0.664. The Bertz CT molecular complexity index is 1290. The second kappa shape index (κ2) is 8.81. The molecule has 1 atom stereocenters. The first-order valence-corrected chi connectivity index (χ1v) is 12.7. The Labute approximate surface area is 209 Å². The number of ether oxygens (including phenoxy) is 3. The minimum Gasteiger partial charge on any atom is -0.486 e. The average molecular weight is 496 g/mol. The molecule has 190 valence electrons. The third kappa shape index (κ3) is 4.04. The number of pyridine rings is 3. The van der Waals surface area contributed by atoms with Gasteiger partial charge in [-0.05, 0) is 43.9 Å². The van der Waals surface area contributed by atoms with E-state index < -0.39 is 11.9 Å². The van der Waals surface area contributed by atoms with Crippen molar-refractivity contribution in [2.45, 2.75) is 63.1 Å². The van der Waals surface area contributed by atoms with Gasteiger partial charge in [0, 0.05) is 35.7 Å². The molecule has 3 aromatic heterocycles. The Hall–Kier alpha value is -3.04. The van der Waals surface area contributed by atoms with Crippen LogP contribution in [0.3, 0.4) is 0 Å². The van der Waals surface area contributed by atoms with E-state index in [0.717, 1.165) is 44.0 Å². The summed E-state index contributed by atoms with van der Waals surface area (Å²) in [4.78, 5) is 9.09. The third-order valence-corrected chi connectivity index (χ3v) is 8.50. The lowest BCUT2D eigenvalue weighted by Gasteiger charge is -2.53. The van der Waals surface area contributed by atoms with E-state index in [1.54, 1.807) is 16.8 Å². The molecule has 4 heterocycles. The van der Waals surface area contributed by atoms with Gasteiger partial charge in [0.15, 0.2) is 23.9 Å². The Morgan fingerprint density at radius 2 is 1.86 bits per heavy atom. The summed E-state index contributed by atoms with van der Waals surface area (Å²) in [7, 11) is 1.54. The molecule has 0 radical (unpaired) electrons. The minimum absolute atomic E-state index is 0.0888. The maximum absolute atomic E-state index is 15.7. The highest BCUT2D eigenvalue weighted by atomic mass is 19.1. The first-order chi connectivity index (χ1) is 17.4. The molecule has 0 amide bonds. The summed E-state index contributed by atoms with van der Waals surface area (Å²) in [6.07, 6.45) is 8.02. The van der Waals surface area contributed by atoms with Crippen LogP contribution >= 0.6 is 0 Å². The molecule has 3 aliphatic carbocycles. The van der Waals surface area contributed by atoms with Gasteiger partial charge in [-0.3, -0.25) is 4.98 Å². The SMILES string of the molecule is COc1ccc2c(n1)c(C[C@@H](O)C13CCC(N)(CC1)CC3)c(F)c[n+]2Cc1cc2c(cn1)OCCO2. The van der Waals surface area contributed by atoms with Gasteiger partial charge in [-0.1, -0.05) is 0 Å². The zero-order valence-corrected chi connectivity index (χ0v) is 20.5. The highest BCUT2D eigenvalue weighted by molar-refractivity contribution is 5.75. The second-order valence-corrected chi connectivity index (χ2v) is 10.6. The van der Waals surface area contributed by atoms with Crippen LogP contribution in [0.4, 0.5) is 4.39 Å². The Morgan fingerprint density at radius 1 is 1.14 bits per heavy atom. The molecule has 3 aromatic rings. The van der Waals surface area contributed by atoms with Gasteiger partial charge < -0.3 is 25.1 Å². The molecular weight excluding hydrogens is 463 g/mol. The summed E-state index contributed by atoms with van der Waals surface area (Å²) in [6.45, 7) is 1.30. The average Bonchev–Trinajstić information content (AvgIpc) is 2.91. The number of hydrogen-bond donors (Lipinski definition) is 2. The zero-order valence-electron chi connectivity index (χ0n) is 20.5. The molecule has 2 bridgehead atoms. The van der Waals surface area contributed by atoms with Crippen molar-refractivity contribution in [1.29, 1.82) is 0 Å². The second-order valence-electron chi connectivity index (χ2n) is 10.6. The summed E-state index contributed by atoms with van der Waals surface area (Å²) in [6, 6.07) is 5.45. The first-order valence-electron chi connectivity index (χ1n) is 12.7. The van der Waals surface area contributed by atoms with Gasteiger partial charge >= 0.3 is 0 Å². The highest BCUT2D eigenvalue weighted by Crippen LogP contribution is 2.53. The van der Waals surface area contributed by atoms with E-state index in [1.165, 1.54) is 13.3 Å². The molecule has 3 fully saturated rings. The molecule has 0 unspecified atom stereocenters.